The first-order chi connectivity index (χ1) is 12.7. The number of methoxy groups -OCH3 is 1. The van der Waals surface area contributed by atoms with E-state index in [9.17, 15) is 4.79 Å². The number of anilines is 1. The number of nitrogens with zero attached hydrogens (tertiary/aromatic N) is 1. The molecule has 0 fully saturated rings. The molecule has 0 bridgehead atoms. The first kappa shape index (κ1) is 17.5. The average molecular weight is 351 g/mol. The van der Waals surface area contributed by atoms with E-state index in [4.69, 9.17) is 9.15 Å². The van der Waals surface area contributed by atoms with Gasteiger partial charge in [0.2, 0.25) is 0 Å². The highest BCUT2D eigenvalue weighted by atomic mass is 16.5. The summed E-state index contributed by atoms with van der Waals surface area (Å²) in [5.74, 6) is 1.45. The summed E-state index contributed by atoms with van der Waals surface area (Å²) in [5, 5.41) is 6.10. The maximum atomic E-state index is 12.3. The summed E-state index contributed by atoms with van der Waals surface area (Å²) in [6, 6.07) is 15.1. The van der Waals surface area contributed by atoms with Gasteiger partial charge in [0, 0.05) is 18.4 Å². The van der Waals surface area contributed by atoms with Gasteiger partial charge in [-0.25, -0.2) is 0 Å². The highest BCUT2D eigenvalue weighted by Crippen LogP contribution is 2.12. The van der Waals surface area contributed by atoms with Crippen molar-refractivity contribution in [3.05, 3.63) is 78.0 Å². The minimum Gasteiger partial charge on any atom is -0.497 e. The minimum atomic E-state index is -0.194. The molecule has 134 valence electrons. The number of carbonyl (C=O) groups excluding carboxylic acids is 1. The van der Waals surface area contributed by atoms with Crippen molar-refractivity contribution >= 4 is 11.6 Å². The predicted octanol–water partition coefficient (Wildman–Crippen LogP) is 3.27. The Labute approximate surface area is 152 Å². The largest absolute Gasteiger partial charge is 0.497 e. The average Bonchev–Trinajstić information content (AvgIpc) is 3.21. The lowest BCUT2D eigenvalue weighted by atomic mass is 10.1. The van der Waals surface area contributed by atoms with E-state index in [2.05, 4.69) is 15.6 Å². The maximum Gasteiger partial charge on any atom is 0.269 e. The summed E-state index contributed by atoms with van der Waals surface area (Å²) in [6.07, 6.45) is 3.99. The summed E-state index contributed by atoms with van der Waals surface area (Å²) in [7, 11) is 1.64. The normalized spacial score (nSPS) is 10.3. The van der Waals surface area contributed by atoms with Crippen molar-refractivity contribution in [3.63, 3.8) is 0 Å². The Kier molecular flexibility index (Phi) is 5.88. The molecule has 2 aromatic heterocycles. The number of aromatic nitrogens is 1. The van der Waals surface area contributed by atoms with Crippen LogP contribution in [-0.2, 0) is 13.0 Å². The third kappa shape index (κ3) is 4.86. The lowest BCUT2D eigenvalue weighted by molar-refractivity contribution is 0.0949. The van der Waals surface area contributed by atoms with Crippen LogP contribution in [0.5, 0.6) is 5.75 Å². The number of hydrogen-bond acceptors (Lipinski definition) is 5. The number of pyridine rings is 1. The molecule has 3 aromatic rings. The van der Waals surface area contributed by atoms with E-state index in [0.717, 1.165) is 29.2 Å². The molecule has 0 aliphatic rings. The number of amides is 1. The molecule has 6 heteroatoms. The molecule has 6 nitrogen and oxygen atoms in total. The van der Waals surface area contributed by atoms with Gasteiger partial charge in [0.05, 0.1) is 19.9 Å². The van der Waals surface area contributed by atoms with Crippen molar-refractivity contribution in [1.82, 2.24) is 10.3 Å². The number of furan rings is 1. The fourth-order valence-corrected chi connectivity index (χ4v) is 2.47. The van der Waals surface area contributed by atoms with Gasteiger partial charge in [0.15, 0.2) is 0 Å². The first-order valence-corrected chi connectivity index (χ1v) is 8.38. The van der Waals surface area contributed by atoms with Gasteiger partial charge < -0.3 is 19.8 Å². The van der Waals surface area contributed by atoms with Gasteiger partial charge in [-0.3, -0.25) is 9.78 Å². The van der Waals surface area contributed by atoms with Crippen LogP contribution in [0.1, 0.15) is 21.8 Å². The standard InChI is InChI=1S/C20H21N3O3/c1-25-17-6-4-15(5-7-17)8-10-22-20(24)19-13-16(9-11-21-19)23-14-18-3-2-12-26-18/h2-7,9,11-13H,8,10,14H2,1H3,(H,21,23)(H,22,24). The zero-order valence-electron chi connectivity index (χ0n) is 14.6. The molecule has 2 heterocycles. The second-order valence-electron chi connectivity index (χ2n) is 5.72. The second-order valence-corrected chi connectivity index (χ2v) is 5.72. The quantitative estimate of drug-likeness (QED) is 0.651. The van der Waals surface area contributed by atoms with E-state index >= 15 is 0 Å². The Morgan fingerprint density at radius 2 is 2.04 bits per heavy atom. The smallest absolute Gasteiger partial charge is 0.269 e. The topological polar surface area (TPSA) is 76.4 Å². The van der Waals surface area contributed by atoms with E-state index in [1.54, 1.807) is 25.6 Å². The van der Waals surface area contributed by atoms with Gasteiger partial charge in [-0.1, -0.05) is 12.1 Å². The van der Waals surface area contributed by atoms with Crippen molar-refractivity contribution in [3.8, 4) is 5.75 Å². The summed E-state index contributed by atoms with van der Waals surface area (Å²) in [6.45, 7) is 1.09. The van der Waals surface area contributed by atoms with Crippen LogP contribution >= 0.6 is 0 Å². The van der Waals surface area contributed by atoms with Crippen molar-refractivity contribution in [1.29, 1.82) is 0 Å². The van der Waals surface area contributed by atoms with E-state index in [1.807, 2.05) is 42.5 Å². The zero-order valence-corrected chi connectivity index (χ0v) is 14.6. The van der Waals surface area contributed by atoms with Crippen LogP contribution in [-0.4, -0.2) is 24.5 Å². The summed E-state index contributed by atoms with van der Waals surface area (Å²) >= 11 is 0. The molecular weight excluding hydrogens is 330 g/mol. The summed E-state index contributed by atoms with van der Waals surface area (Å²) in [4.78, 5) is 16.4. The number of carbonyl (C=O) groups is 1. The monoisotopic (exact) mass is 351 g/mol. The third-order valence-electron chi connectivity index (χ3n) is 3.90. The SMILES string of the molecule is COc1ccc(CCNC(=O)c2cc(NCc3ccco3)ccn2)cc1. The Balaban J connectivity index is 1.49. The molecule has 0 saturated carbocycles. The van der Waals surface area contributed by atoms with Gasteiger partial charge in [0.1, 0.15) is 17.2 Å². The second kappa shape index (κ2) is 8.71. The maximum absolute atomic E-state index is 12.3. The lowest BCUT2D eigenvalue weighted by Crippen LogP contribution is -2.26. The highest BCUT2D eigenvalue weighted by molar-refractivity contribution is 5.93. The van der Waals surface area contributed by atoms with Gasteiger partial charge in [0.25, 0.3) is 5.91 Å². The molecule has 0 unspecified atom stereocenters. The van der Waals surface area contributed by atoms with Crippen LogP contribution in [0.4, 0.5) is 5.69 Å². The number of nitrogens with one attached hydrogen (secondary N) is 2. The molecule has 0 aliphatic carbocycles. The molecule has 1 amide bonds. The van der Waals surface area contributed by atoms with E-state index in [0.29, 0.717) is 18.8 Å². The van der Waals surface area contributed by atoms with Crippen molar-refractivity contribution in [2.75, 3.05) is 19.0 Å². The summed E-state index contributed by atoms with van der Waals surface area (Å²) < 4.78 is 10.4. The van der Waals surface area contributed by atoms with Crippen molar-refractivity contribution < 1.29 is 13.9 Å². The number of benzene rings is 1. The van der Waals surface area contributed by atoms with Crippen LogP contribution in [0.15, 0.2) is 65.4 Å². The Bertz CT molecular complexity index is 830. The molecule has 0 aliphatic heterocycles. The number of hydrogen-bond donors (Lipinski definition) is 2. The fraction of sp³-hybridized carbons (Fsp3) is 0.200. The van der Waals surface area contributed by atoms with Crippen LogP contribution in [0.25, 0.3) is 0 Å². The Morgan fingerprint density at radius 1 is 1.19 bits per heavy atom. The first-order valence-electron chi connectivity index (χ1n) is 8.38. The molecule has 0 radical (unpaired) electrons. The van der Waals surface area contributed by atoms with Crippen LogP contribution in [0.3, 0.4) is 0 Å². The van der Waals surface area contributed by atoms with E-state index in [1.165, 1.54) is 0 Å². The van der Waals surface area contributed by atoms with Gasteiger partial charge in [-0.05, 0) is 48.4 Å². The molecule has 2 N–H and O–H groups in total. The van der Waals surface area contributed by atoms with Crippen LogP contribution in [0, 0.1) is 0 Å². The molecule has 0 saturated heterocycles. The number of ether oxygens (including phenoxy) is 1. The fourth-order valence-electron chi connectivity index (χ4n) is 2.47. The molecule has 0 atom stereocenters. The zero-order chi connectivity index (χ0) is 18.2. The van der Waals surface area contributed by atoms with Crippen molar-refractivity contribution in [2.24, 2.45) is 0 Å². The van der Waals surface area contributed by atoms with Gasteiger partial charge in [-0.2, -0.15) is 0 Å². The molecule has 0 spiro atoms. The van der Waals surface area contributed by atoms with Gasteiger partial charge >= 0.3 is 0 Å². The summed E-state index contributed by atoms with van der Waals surface area (Å²) in [5.41, 5.74) is 2.33. The highest BCUT2D eigenvalue weighted by Gasteiger charge is 2.08. The molecule has 1 aromatic carbocycles. The number of rotatable bonds is 8. The molecule has 3 rings (SSSR count). The van der Waals surface area contributed by atoms with Crippen LogP contribution in [0.2, 0.25) is 0 Å². The van der Waals surface area contributed by atoms with E-state index < -0.39 is 0 Å². The van der Waals surface area contributed by atoms with E-state index in [-0.39, 0.29) is 5.91 Å². The predicted molar refractivity (Wildman–Crippen MR) is 99.3 cm³/mol. The Morgan fingerprint density at radius 3 is 2.77 bits per heavy atom. The Hall–Kier alpha value is -3.28. The van der Waals surface area contributed by atoms with Crippen molar-refractivity contribution in [2.45, 2.75) is 13.0 Å². The molecule has 26 heavy (non-hydrogen) atoms. The van der Waals surface area contributed by atoms with Gasteiger partial charge in [-0.15, -0.1) is 0 Å². The minimum absolute atomic E-state index is 0.194. The van der Waals surface area contributed by atoms with Crippen LogP contribution < -0.4 is 15.4 Å². The lowest BCUT2D eigenvalue weighted by Gasteiger charge is -2.08. The molecular formula is C20H21N3O3. The third-order valence-corrected chi connectivity index (χ3v) is 3.90.